The summed E-state index contributed by atoms with van der Waals surface area (Å²) < 4.78 is 17.3. The van der Waals surface area contributed by atoms with Crippen LogP contribution in [-0.2, 0) is 33.8 Å². The van der Waals surface area contributed by atoms with Gasteiger partial charge in [0.15, 0.2) is 5.13 Å². The lowest BCUT2D eigenvalue weighted by Crippen LogP contribution is -2.45. The Hall–Kier alpha value is -4.24. The van der Waals surface area contributed by atoms with Gasteiger partial charge in [-0.1, -0.05) is 24.3 Å². The number of carbonyl (C=O) groups excluding carboxylic acids is 2. The van der Waals surface area contributed by atoms with E-state index in [2.05, 4.69) is 4.98 Å². The van der Waals surface area contributed by atoms with Gasteiger partial charge in [0, 0.05) is 36.5 Å². The van der Waals surface area contributed by atoms with Gasteiger partial charge in [-0.2, -0.15) is 0 Å². The molecule has 0 radical (unpaired) electrons. The van der Waals surface area contributed by atoms with Crippen LogP contribution < -0.4 is 14.4 Å². The quantitative estimate of drug-likeness (QED) is 0.214. The molecular weight excluding hydrogens is 550 g/mol. The molecule has 0 fully saturated rings. The van der Waals surface area contributed by atoms with Gasteiger partial charge in [-0.25, -0.2) is 4.98 Å². The minimum absolute atomic E-state index is 0.00483. The second-order valence-electron chi connectivity index (χ2n) is 11.6. The van der Waals surface area contributed by atoms with E-state index in [9.17, 15) is 9.59 Å². The van der Waals surface area contributed by atoms with Gasteiger partial charge in [0.2, 0.25) is 5.91 Å². The fourth-order valence-electron chi connectivity index (χ4n) is 5.30. The van der Waals surface area contributed by atoms with Crippen molar-refractivity contribution in [3.05, 3.63) is 89.1 Å². The van der Waals surface area contributed by atoms with E-state index in [1.807, 2.05) is 80.7 Å². The van der Waals surface area contributed by atoms with E-state index in [1.54, 1.807) is 31.5 Å². The number of pyridine rings is 1. The summed E-state index contributed by atoms with van der Waals surface area (Å²) in [5, 5.41) is 2.44. The number of anilines is 1. The highest BCUT2D eigenvalue weighted by molar-refractivity contribution is 7.14. The van der Waals surface area contributed by atoms with E-state index in [0.717, 1.165) is 22.3 Å². The van der Waals surface area contributed by atoms with Crippen LogP contribution in [-0.4, -0.2) is 41.6 Å². The van der Waals surface area contributed by atoms with Gasteiger partial charge >= 0.3 is 5.97 Å². The Bertz CT molecular complexity index is 1550. The van der Waals surface area contributed by atoms with Crippen molar-refractivity contribution in [1.82, 2.24) is 9.97 Å². The maximum atomic E-state index is 14.2. The van der Waals surface area contributed by atoms with Gasteiger partial charge < -0.3 is 14.2 Å². The molecule has 0 N–H and O–H groups in total. The monoisotopic (exact) mass is 585 g/mol. The lowest BCUT2D eigenvalue weighted by atomic mass is 9.80. The highest BCUT2D eigenvalue weighted by atomic mass is 32.1. The molecule has 1 amide bonds. The van der Waals surface area contributed by atoms with Crippen molar-refractivity contribution in [2.75, 3.05) is 19.1 Å². The van der Waals surface area contributed by atoms with Gasteiger partial charge in [0.1, 0.15) is 23.7 Å². The van der Waals surface area contributed by atoms with Crippen LogP contribution in [0, 0.1) is 5.41 Å². The number of hydrogen-bond acceptors (Lipinski definition) is 8. The molecule has 0 unspecified atom stereocenters. The molecule has 1 aliphatic carbocycles. The maximum absolute atomic E-state index is 14.2. The van der Waals surface area contributed by atoms with E-state index in [4.69, 9.17) is 19.2 Å². The smallest absolute Gasteiger partial charge is 0.307 e. The standard InChI is InChI=1S/C33H35N3O5S/c1-32(2,3)41-29(37)19-33(17-23-8-6-7-9-24(23)18-33)30(38)36(4)31-35-27(21-42-31)26-11-10-25(16-28(26)39-5)40-20-22-12-14-34-15-13-22/h6-16,21H,17-20H2,1-5H3. The van der Waals surface area contributed by atoms with E-state index in [-0.39, 0.29) is 18.3 Å². The molecule has 42 heavy (non-hydrogen) atoms. The van der Waals surface area contributed by atoms with Gasteiger partial charge in [-0.3, -0.25) is 19.5 Å². The number of amides is 1. The summed E-state index contributed by atoms with van der Waals surface area (Å²) in [6, 6.07) is 17.4. The number of hydrogen-bond donors (Lipinski definition) is 0. The van der Waals surface area contributed by atoms with Crippen molar-refractivity contribution in [1.29, 1.82) is 0 Å². The predicted molar refractivity (Wildman–Crippen MR) is 163 cm³/mol. The molecule has 8 nitrogen and oxygen atoms in total. The molecule has 1 aliphatic rings. The van der Waals surface area contributed by atoms with Crippen LogP contribution in [0.15, 0.2) is 72.4 Å². The van der Waals surface area contributed by atoms with Crippen molar-refractivity contribution in [2.24, 2.45) is 5.41 Å². The highest BCUT2D eigenvalue weighted by Crippen LogP contribution is 2.43. The van der Waals surface area contributed by atoms with Crippen molar-refractivity contribution in [2.45, 2.75) is 52.2 Å². The molecular formula is C33H35N3O5S. The molecule has 0 saturated carbocycles. The number of ether oxygens (including phenoxy) is 3. The minimum Gasteiger partial charge on any atom is -0.496 e. The number of fused-ring (bicyclic) bond motifs is 1. The fourth-order valence-corrected chi connectivity index (χ4v) is 6.09. The summed E-state index contributed by atoms with van der Waals surface area (Å²) in [5.41, 5.74) is 3.06. The van der Waals surface area contributed by atoms with Crippen LogP contribution in [0.2, 0.25) is 0 Å². The van der Waals surface area contributed by atoms with Crippen LogP contribution in [0.3, 0.4) is 0 Å². The molecule has 0 atom stereocenters. The molecule has 0 spiro atoms. The number of methoxy groups -OCH3 is 1. The molecule has 2 aromatic carbocycles. The normalized spacial score (nSPS) is 13.7. The minimum atomic E-state index is -0.946. The first-order valence-corrected chi connectivity index (χ1v) is 14.7. The van der Waals surface area contributed by atoms with E-state index in [1.165, 1.54) is 11.3 Å². The molecule has 9 heteroatoms. The van der Waals surface area contributed by atoms with Crippen molar-refractivity contribution < 1.29 is 23.8 Å². The van der Waals surface area contributed by atoms with Crippen molar-refractivity contribution >= 4 is 28.3 Å². The molecule has 2 heterocycles. The number of thiazole rings is 1. The summed E-state index contributed by atoms with van der Waals surface area (Å²) in [7, 11) is 3.32. The zero-order valence-electron chi connectivity index (χ0n) is 24.5. The molecule has 0 saturated heterocycles. The summed E-state index contributed by atoms with van der Waals surface area (Å²) in [6.07, 6.45) is 4.40. The Kier molecular flexibility index (Phi) is 8.31. The fraction of sp³-hybridized carbons (Fsp3) is 0.333. The molecule has 0 aliphatic heterocycles. The molecule has 4 aromatic rings. The highest BCUT2D eigenvalue weighted by Gasteiger charge is 2.48. The second-order valence-corrected chi connectivity index (χ2v) is 12.4. The molecule has 218 valence electrons. The van der Waals surface area contributed by atoms with Gasteiger partial charge in [0.25, 0.3) is 0 Å². The van der Waals surface area contributed by atoms with Crippen LogP contribution in [0.25, 0.3) is 11.3 Å². The number of benzene rings is 2. The molecule has 0 bridgehead atoms. The van der Waals surface area contributed by atoms with Crippen molar-refractivity contribution in [3.8, 4) is 22.8 Å². The van der Waals surface area contributed by atoms with Gasteiger partial charge in [0.05, 0.1) is 24.6 Å². The first-order valence-electron chi connectivity index (χ1n) is 13.8. The summed E-state index contributed by atoms with van der Waals surface area (Å²) in [4.78, 5) is 37.6. The largest absolute Gasteiger partial charge is 0.496 e. The number of aromatic nitrogens is 2. The Morgan fingerprint density at radius 1 is 1.02 bits per heavy atom. The zero-order valence-corrected chi connectivity index (χ0v) is 25.4. The summed E-state index contributed by atoms with van der Waals surface area (Å²) in [6.45, 7) is 5.91. The van der Waals surface area contributed by atoms with Gasteiger partial charge in [-0.15, -0.1) is 11.3 Å². The Morgan fingerprint density at radius 2 is 1.71 bits per heavy atom. The summed E-state index contributed by atoms with van der Waals surface area (Å²) in [5.74, 6) is 0.742. The van der Waals surface area contributed by atoms with Gasteiger partial charge in [-0.05, 0) is 74.6 Å². The lowest BCUT2D eigenvalue weighted by molar-refractivity contribution is -0.159. The third-order valence-corrected chi connectivity index (χ3v) is 8.14. The molecule has 2 aromatic heterocycles. The SMILES string of the molecule is COc1cc(OCc2ccncc2)ccc1-c1csc(N(C)C(=O)C2(CC(=O)OC(C)(C)C)Cc3ccccc3C2)n1. The average Bonchev–Trinajstić information content (AvgIpc) is 3.60. The first-order chi connectivity index (χ1) is 20.1. The predicted octanol–water partition coefficient (Wildman–Crippen LogP) is 6.27. The lowest BCUT2D eigenvalue weighted by Gasteiger charge is -2.31. The molecule has 5 rings (SSSR count). The van der Waals surface area contributed by atoms with Crippen LogP contribution >= 0.6 is 11.3 Å². The van der Waals surface area contributed by atoms with Crippen molar-refractivity contribution in [3.63, 3.8) is 0 Å². The number of rotatable bonds is 9. The van der Waals surface area contributed by atoms with Crippen LogP contribution in [0.1, 0.15) is 43.9 Å². The summed E-state index contributed by atoms with van der Waals surface area (Å²) >= 11 is 1.37. The number of nitrogens with zero attached hydrogens (tertiary/aromatic N) is 3. The number of carbonyl (C=O) groups is 2. The topological polar surface area (TPSA) is 90.9 Å². The third kappa shape index (κ3) is 6.46. The number of esters is 1. The Balaban J connectivity index is 1.36. The van der Waals surface area contributed by atoms with E-state index in [0.29, 0.717) is 41.8 Å². The average molecular weight is 586 g/mol. The third-order valence-electron chi connectivity index (χ3n) is 7.22. The van der Waals surface area contributed by atoms with Crippen LogP contribution in [0.5, 0.6) is 11.5 Å². The zero-order chi connectivity index (χ0) is 29.9. The van der Waals surface area contributed by atoms with Crippen LogP contribution in [0.4, 0.5) is 5.13 Å². The first kappa shape index (κ1) is 29.3. The maximum Gasteiger partial charge on any atom is 0.307 e. The van der Waals surface area contributed by atoms with E-state index < -0.39 is 11.0 Å². The van der Waals surface area contributed by atoms with E-state index >= 15 is 0 Å². The second kappa shape index (κ2) is 11.9. The Morgan fingerprint density at radius 3 is 2.36 bits per heavy atom. The Labute approximate surface area is 250 Å².